The van der Waals surface area contributed by atoms with E-state index in [0.717, 1.165) is 16.3 Å². The van der Waals surface area contributed by atoms with Gasteiger partial charge >= 0.3 is 17.9 Å². The van der Waals surface area contributed by atoms with Gasteiger partial charge in [0, 0.05) is 20.7 Å². The summed E-state index contributed by atoms with van der Waals surface area (Å²) < 4.78 is 13.6. The second-order valence-electron chi connectivity index (χ2n) is 6.52. The van der Waals surface area contributed by atoms with Crippen molar-refractivity contribution in [2.75, 3.05) is 34.4 Å². The molecular weight excluding hydrogens is 354 g/mol. The zero-order valence-electron chi connectivity index (χ0n) is 16.2. The highest BCUT2D eigenvalue weighted by atomic mass is 16.5. The number of amides is 3. The van der Waals surface area contributed by atoms with E-state index < -0.39 is 23.9 Å². The number of nitrogens with zero attached hydrogens (tertiary/aromatic N) is 5. The van der Waals surface area contributed by atoms with Crippen LogP contribution in [0.2, 0.25) is 0 Å². The minimum atomic E-state index is -0.720. The number of urea groups is 1. The summed E-state index contributed by atoms with van der Waals surface area (Å²) in [5.74, 6) is 0.139. The van der Waals surface area contributed by atoms with Crippen molar-refractivity contribution in [2.24, 2.45) is 4.99 Å². The molecule has 0 radical (unpaired) electrons. The second-order valence-corrected chi connectivity index (χ2v) is 6.52. The van der Waals surface area contributed by atoms with Crippen molar-refractivity contribution in [3.63, 3.8) is 0 Å². The Labute approximate surface area is 157 Å². The minimum Gasteiger partial charge on any atom is -0.469 e. The maximum Gasteiger partial charge on any atom is 0.402 e. The average molecular weight is 378 g/mol. The van der Waals surface area contributed by atoms with Gasteiger partial charge in [-0.1, -0.05) is 4.99 Å². The molecule has 1 saturated heterocycles. The number of carbonyl (C=O) groups excluding carboxylic acids is 3. The zero-order valence-corrected chi connectivity index (χ0v) is 16.2. The van der Waals surface area contributed by atoms with Crippen LogP contribution in [0, 0.1) is 13.8 Å². The molecule has 1 aromatic heterocycles. The van der Waals surface area contributed by atoms with Crippen LogP contribution in [-0.4, -0.2) is 72.5 Å². The molecule has 146 valence electrons. The number of rotatable bonds is 6. The Morgan fingerprint density at radius 1 is 1.26 bits per heavy atom. The molecule has 0 N–H and O–H groups in total. The summed E-state index contributed by atoms with van der Waals surface area (Å²) in [5.41, 5.74) is 1.88. The highest BCUT2D eigenvalue weighted by Gasteiger charge is 2.54. The largest absolute Gasteiger partial charge is 0.469 e. The predicted octanol–water partition coefficient (Wildman–Crippen LogP) is 0.0806. The number of methoxy groups -OCH3 is 2. The molecule has 2 aliphatic heterocycles. The lowest BCUT2D eigenvalue weighted by Gasteiger charge is -2.33. The van der Waals surface area contributed by atoms with Crippen LogP contribution < -0.4 is 4.57 Å². The third kappa shape index (κ3) is 2.89. The van der Waals surface area contributed by atoms with E-state index in [2.05, 4.69) is 9.73 Å². The van der Waals surface area contributed by atoms with Crippen molar-refractivity contribution in [1.29, 1.82) is 0 Å². The molecule has 0 spiro atoms. The van der Waals surface area contributed by atoms with Crippen molar-refractivity contribution in [2.45, 2.75) is 32.9 Å². The first-order chi connectivity index (χ1) is 12.8. The number of aliphatic imine (C=N–C) groups is 1. The number of imide groups is 1. The summed E-state index contributed by atoms with van der Waals surface area (Å²) in [7, 11) is 4.48. The fraction of sp³-hybridized carbons (Fsp3) is 0.588. The van der Waals surface area contributed by atoms with Crippen molar-refractivity contribution in [3.05, 3.63) is 11.4 Å². The Hall–Kier alpha value is -2.75. The Kier molecular flexibility index (Phi) is 5.01. The van der Waals surface area contributed by atoms with E-state index in [1.54, 1.807) is 14.2 Å². The predicted molar refractivity (Wildman–Crippen MR) is 93.6 cm³/mol. The zero-order chi connectivity index (χ0) is 19.9. The number of esters is 1. The maximum absolute atomic E-state index is 13.1. The van der Waals surface area contributed by atoms with Gasteiger partial charge in [-0.05, 0) is 13.8 Å². The highest BCUT2D eigenvalue weighted by Crippen LogP contribution is 2.35. The van der Waals surface area contributed by atoms with Gasteiger partial charge in [-0.3, -0.25) is 19.4 Å². The smallest absolute Gasteiger partial charge is 0.402 e. The second kappa shape index (κ2) is 7.10. The maximum atomic E-state index is 13.1. The molecule has 3 rings (SSSR count). The first kappa shape index (κ1) is 19.0. The third-order valence-electron chi connectivity index (χ3n) is 5.11. The van der Waals surface area contributed by atoms with Gasteiger partial charge in [0.2, 0.25) is 11.9 Å². The summed E-state index contributed by atoms with van der Waals surface area (Å²) in [6, 6.07) is -1.22. The van der Waals surface area contributed by atoms with Gasteiger partial charge in [0.15, 0.2) is 0 Å². The monoisotopic (exact) mass is 378 g/mol. The molecule has 0 saturated carbocycles. The molecule has 0 aliphatic carbocycles. The molecule has 10 heteroatoms. The summed E-state index contributed by atoms with van der Waals surface area (Å²) in [6.07, 6.45) is -0.0502. The van der Waals surface area contributed by atoms with Gasteiger partial charge < -0.3 is 9.47 Å². The lowest BCUT2D eigenvalue weighted by atomic mass is 10.1. The third-order valence-corrected chi connectivity index (χ3v) is 5.11. The fourth-order valence-corrected chi connectivity index (χ4v) is 3.46. The Morgan fingerprint density at radius 2 is 1.96 bits per heavy atom. The van der Waals surface area contributed by atoms with E-state index in [1.807, 2.05) is 23.0 Å². The van der Waals surface area contributed by atoms with E-state index in [1.165, 1.54) is 12.0 Å². The normalized spacial score (nSPS) is 18.6. The van der Waals surface area contributed by atoms with Gasteiger partial charge in [0.05, 0.1) is 26.7 Å². The molecule has 1 atom stereocenters. The van der Waals surface area contributed by atoms with E-state index >= 15 is 0 Å². The quantitative estimate of drug-likeness (QED) is 0.516. The lowest BCUT2D eigenvalue weighted by Crippen LogP contribution is -2.58. The minimum absolute atomic E-state index is 0.0310. The summed E-state index contributed by atoms with van der Waals surface area (Å²) in [5, 5.41) is 0. The van der Waals surface area contributed by atoms with Crippen molar-refractivity contribution < 1.29 is 28.4 Å². The van der Waals surface area contributed by atoms with E-state index in [4.69, 9.17) is 4.74 Å². The Balaban J connectivity index is 1.99. The first-order valence-electron chi connectivity index (χ1n) is 8.68. The number of ether oxygens (including phenoxy) is 2. The number of carbonyl (C=O) groups is 3. The first-order valence-corrected chi connectivity index (χ1v) is 8.68. The van der Waals surface area contributed by atoms with Crippen molar-refractivity contribution in [1.82, 2.24) is 14.4 Å². The SMILES string of the molecule is COCC[n+]1c(C)c(C)n2c1N=C1C2C(=O)N(CCC(=O)OC)C(=O)N1C. The fourth-order valence-electron chi connectivity index (χ4n) is 3.46. The Morgan fingerprint density at radius 3 is 2.59 bits per heavy atom. The van der Waals surface area contributed by atoms with Crippen molar-refractivity contribution >= 4 is 29.7 Å². The van der Waals surface area contributed by atoms with Crippen LogP contribution in [0.3, 0.4) is 0 Å². The van der Waals surface area contributed by atoms with Crippen LogP contribution in [0.1, 0.15) is 23.9 Å². The standard InChI is InChI=1S/C17H24N5O5/c1-10-11(2)22-13-14(18-16(22)20(10)8-9-26-4)19(3)17(25)21(15(13)24)7-6-12(23)27-5/h13H,6-9H2,1-5H3/q+1. The molecule has 0 bridgehead atoms. The summed E-state index contributed by atoms with van der Waals surface area (Å²) in [4.78, 5) is 44.2. The van der Waals surface area contributed by atoms with Crippen LogP contribution >= 0.6 is 0 Å². The highest BCUT2D eigenvalue weighted by molar-refractivity contribution is 6.20. The van der Waals surface area contributed by atoms with E-state index in [-0.39, 0.29) is 13.0 Å². The van der Waals surface area contributed by atoms with Crippen LogP contribution in [-0.2, 0) is 25.6 Å². The number of imidazole rings is 1. The molecule has 1 unspecified atom stereocenters. The number of hydrogen-bond acceptors (Lipinski definition) is 6. The lowest BCUT2D eigenvalue weighted by molar-refractivity contribution is -0.690. The number of likely N-dealkylation sites (N-methyl/N-ethyl adjacent to an activating group) is 1. The van der Waals surface area contributed by atoms with Crippen LogP contribution in [0.4, 0.5) is 10.7 Å². The van der Waals surface area contributed by atoms with Gasteiger partial charge in [0.25, 0.3) is 5.91 Å². The van der Waals surface area contributed by atoms with E-state index in [9.17, 15) is 14.4 Å². The number of aromatic nitrogens is 2. The molecule has 0 aromatic carbocycles. The van der Waals surface area contributed by atoms with Crippen LogP contribution in [0.25, 0.3) is 0 Å². The molecule has 27 heavy (non-hydrogen) atoms. The number of hydrogen-bond donors (Lipinski definition) is 0. The van der Waals surface area contributed by atoms with Crippen LogP contribution in [0.5, 0.6) is 0 Å². The van der Waals surface area contributed by atoms with Crippen LogP contribution in [0.15, 0.2) is 4.99 Å². The Bertz CT molecular complexity index is 843. The van der Waals surface area contributed by atoms with Gasteiger partial charge in [-0.15, -0.1) is 0 Å². The van der Waals surface area contributed by atoms with Crippen molar-refractivity contribution in [3.8, 4) is 0 Å². The molecule has 1 aromatic rings. The molecule has 2 aliphatic rings. The van der Waals surface area contributed by atoms with Gasteiger partial charge in [0.1, 0.15) is 11.4 Å². The summed E-state index contributed by atoms with van der Waals surface area (Å²) >= 11 is 0. The molecular formula is C17H24N5O5+. The molecule has 10 nitrogen and oxygen atoms in total. The molecule has 3 heterocycles. The number of fused-ring (bicyclic) bond motifs is 3. The van der Waals surface area contributed by atoms with Gasteiger partial charge in [-0.25, -0.2) is 13.9 Å². The molecule has 3 amide bonds. The average Bonchev–Trinajstić information content (AvgIpc) is 3.15. The van der Waals surface area contributed by atoms with Gasteiger partial charge in [-0.2, -0.15) is 0 Å². The van der Waals surface area contributed by atoms with E-state index in [0.29, 0.717) is 24.9 Å². The molecule has 1 fully saturated rings. The summed E-state index contributed by atoms with van der Waals surface area (Å²) in [6.45, 7) is 4.95. The topological polar surface area (TPSA) is 97.3 Å². The number of amidine groups is 1.